The smallest absolute Gasteiger partial charge is 0.238 e. The molecule has 2 aromatic carbocycles. The van der Waals surface area contributed by atoms with Gasteiger partial charge in [0.1, 0.15) is 6.04 Å². The summed E-state index contributed by atoms with van der Waals surface area (Å²) in [6.45, 7) is 0. The van der Waals surface area contributed by atoms with E-state index in [-0.39, 0.29) is 17.9 Å². The van der Waals surface area contributed by atoms with Crippen LogP contribution in [-0.4, -0.2) is 29.9 Å². The highest BCUT2D eigenvalue weighted by atomic mass is 16.2. The first-order chi connectivity index (χ1) is 14.6. The fourth-order valence-electron chi connectivity index (χ4n) is 5.00. The highest BCUT2D eigenvalue weighted by molar-refractivity contribution is 6.00. The van der Waals surface area contributed by atoms with Crippen molar-refractivity contribution >= 4 is 17.5 Å². The van der Waals surface area contributed by atoms with Crippen LogP contribution >= 0.6 is 0 Å². The Balaban J connectivity index is 1.23. The molecular formula is C24H24N4O2. The highest BCUT2D eigenvalue weighted by Crippen LogP contribution is 2.35. The summed E-state index contributed by atoms with van der Waals surface area (Å²) in [6.07, 6.45) is 4.24. The third kappa shape index (κ3) is 3.57. The number of nitriles is 1. The van der Waals surface area contributed by atoms with Crippen molar-refractivity contribution in [1.82, 2.24) is 10.6 Å². The van der Waals surface area contributed by atoms with Gasteiger partial charge in [-0.2, -0.15) is 5.26 Å². The molecule has 3 N–H and O–H groups in total. The number of hydrogen-bond acceptors (Lipinski definition) is 4. The molecule has 2 fully saturated rings. The molecule has 6 heteroatoms. The van der Waals surface area contributed by atoms with Gasteiger partial charge in [0.25, 0.3) is 0 Å². The van der Waals surface area contributed by atoms with Crippen LogP contribution < -0.4 is 16.0 Å². The lowest BCUT2D eigenvalue weighted by atomic mass is 9.97. The molecule has 152 valence electrons. The first-order valence-electron chi connectivity index (χ1n) is 10.6. The van der Waals surface area contributed by atoms with Gasteiger partial charge in [0.2, 0.25) is 11.8 Å². The van der Waals surface area contributed by atoms with Gasteiger partial charge in [0.15, 0.2) is 0 Å². The second kappa shape index (κ2) is 7.58. The van der Waals surface area contributed by atoms with E-state index < -0.39 is 6.04 Å². The van der Waals surface area contributed by atoms with E-state index in [9.17, 15) is 14.9 Å². The fraction of sp³-hybridized carbons (Fsp3) is 0.375. The second-order valence-electron chi connectivity index (χ2n) is 8.60. The molecule has 2 aliphatic heterocycles. The maximum Gasteiger partial charge on any atom is 0.238 e. The van der Waals surface area contributed by atoms with Crippen LogP contribution in [0.15, 0.2) is 42.5 Å². The minimum absolute atomic E-state index is 0.0303. The maximum absolute atomic E-state index is 12.6. The Morgan fingerprint density at radius 1 is 1.17 bits per heavy atom. The van der Waals surface area contributed by atoms with Gasteiger partial charge in [-0.3, -0.25) is 9.59 Å². The summed E-state index contributed by atoms with van der Waals surface area (Å²) >= 11 is 0. The summed E-state index contributed by atoms with van der Waals surface area (Å²) in [5.74, 6) is 0.388. The van der Waals surface area contributed by atoms with Crippen LogP contribution in [0, 0.1) is 17.2 Å². The lowest BCUT2D eigenvalue weighted by Crippen LogP contribution is -2.50. The number of nitrogens with one attached hydrogen (secondary N) is 3. The van der Waals surface area contributed by atoms with E-state index in [4.69, 9.17) is 0 Å². The Morgan fingerprint density at radius 2 is 1.97 bits per heavy atom. The van der Waals surface area contributed by atoms with E-state index in [1.54, 1.807) is 0 Å². The Kier molecular flexibility index (Phi) is 4.76. The van der Waals surface area contributed by atoms with Crippen molar-refractivity contribution in [2.24, 2.45) is 5.92 Å². The Morgan fingerprint density at radius 3 is 2.67 bits per heavy atom. The number of rotatable bonds is 5. The Hall–Kier alpha value is -3.17. The normalized spacial score (nSPS) is 24.8. The lowest BCUT2D eigenvalue weighted by Gasteiger charge is -2.23. The first-order valence-corrected chi connectivity index (χ1v) is 10.6. The zero-order valence-electron chi connectivity index (χ0n) is 16.7. The minimum Gasteiger partial charge on any atom is -0.339 e. The molecule has 0 radical (unpaired) electrons. The van der Waals surface area contributed by atoms with Crippen molar-refractivity contribution < 1.29 is 9.59 Å². The monoisotopic (exact) mass is 400 g/mol. The van der Waals surface area contributed by atoms with Crippen molar-refractivity contribution in [3.05, 3.63) is 53.6 Å². The number of carbonyl (C=O) groups excluding carboxylic acids is 2. The summed E-state index contributed by atoms with van der Waals surface area (Å²) < 4.78 is 0. The molecule has 2 bridgehead atoms. The van der Waals surface area contributed by atoms with Crippen LogP contribution in [-0.2, 0) is 22.4 Å². The standard InChI is InChI=1S/C24H24N4O2/c25-13-20(27-24(30)23-18-7-8-19(10-18)26-23)9-14-1-3-15(4-2-14)16-5-6-17-12-22(29)28-21(17)11-16/h1-6,11,18-20,23,26H,7-10,12H2,(H,27,30)(H,28,29)/t18-,19+,20-,23-/m0/s1. The van der Waals surface area contributed by atoms with E-state index in [0.717, 1.165) is 47.2 Å². The highest BCUT2D eigenvalue weighted by Gasteiger charge is 2.43. The van der Waals surface area contributed by atoms with Crippen molar-refractivity contribution in [3.8, 4) is 17.2 Å². The number of piperidine rings is 1. The molecule has 1 saturated heterocycles. The molecule has 2 heterocycles. The molecule has 1 saturated carbocycles. The molecule has 6 nitrogen and oxygen atoms in total. The molecule has 2 aromatic rings. The third-order valence-corrected chi connectivity index (χ3v) is 6.58. The molecule has 4 atom stereocenters. The topological polar surface area (TPSA) is 94.0 Å². The molecule has 0 unspecified atom stereocenters. The van der Waals surface area contributed by atoms with Gasteiger partial charge in [-0.1, -0.05) is 36.4 Å². The number of benzene rings is 2. The molecule has 2 amide bonds. The molecule has 1 aliphatic carbocycles. The van der Waals surface area contributed by atoms with Gasteiger partial charge in [0, 0.05) is 18.2 Å². The number of carbonyl (C=O) groups is 2. The van der Waals surface area contributed by atoms with Gasteiger partial charge in [-0.25, -0.2) is 0 Å². The van der Waals surface area contributed by atoms with E-state index >= 15 is 0 Å². The zero-order valence-corrected chi connectivity index (χ0v) is 16.7. The van der Waals surface area contributed by atoms with Gasteiger partial charge >= 0.3 is 0 Å². The predicted molar refractivity (Wildman–Crippen MR) is 114 cm³/mol. The Labute approximate surface area is 175 Å². The molecule has 3 aliphatic rings. The largest absolute Gasteiger partial charge is 0.339 e. The number of nitrogens with zero attached hydrogens (tertiary/aromatic N) is 1. The van der Waals surface area contributed by atoms with E-state index in [0.29, 0.717) is 24.8 Å². The average molecular weight is 400 g/mol. The van der Waals surface area contributed by atoms with Crippen molar-refractivity contribution in [2.75, 3.05) is 5.32 Å². The van der Waals surface area contributed by atoms with Gasteiger partial charge < -0.3 is 16.0 Å². The van der Waals surface area contributed by atoms with Gasteiger partial charge in [0.05, 0.1) is 18.5 Å². The molecule has 0 aromatic heterocycles. The Bertz CT molecular complexity index is 1040. The molecular weight excluding hydrogens is 376 g/mol. The van der Waals surface area contributed by atoms with Crippen molar-refractivity contribution in [2.45, 2.75) is 50.2 Å². The van der Waals surface area contributed by atoms with Crippen LogP contribution in [0.2, 0.25) is 0 Å². The van der Waals surface area contributed by atoms with Crippen LogP contribution in [0.4, 0.5) is 5.69 Å². The SMILES string of the molecule is N#C[C@H](Cc1ccc(-c2ccc3c(c2)NC(=O)C3)cc1)NC(=O)[C@H]1N[C@@H]2CC[C@H]1C2. The number of amides is 2. The van der Waals surface area contributed by atoms with Crippen LogP contribution in [0.5, 0.6) is 0 Å². The van der Waals surface area contributed by atoms with Crippen molar-refractivity contribution in [3.63, 3.8) is 0 Å². The van der Waals surface area contributed by atoms with E-state index in [1.807, 2.05) is 42.5 Å². The maximum atomic E-state index is 12.6. The molecule has 5 rings (SSSR count). The fourth-order valence-corrected chi connectivity index (χ4v) is 5.00. The zero-order chi connectivity index (χ0) is 20.7. The van der Waals surface area contributed by atoms with Gasteiger partial charge in [-0.15, -0.1) is 0 Å². The number of fused-ring (bicyclic) bond motifs is 3. The number of anilines is 1. The summed E-state index contributed by atoms with van der Waals surface area (Å²) in [4.78, 5) is 24.1. The summed E-state index contributed by atoms with van der Waals surface area (Å²) in [5.41, 5.74) is 4.99. The molecule has 0 spiro atoms. The average Bonchev–Trinajstić information content (AvgIpc) is 3.48. The predicted octanol–water partition coefficient (Wildman–Crippen LogP) is 2.54. The molecule has 30 heavy (non-hydrogen) atoms. The summed E-state index contributed by atoms with van der Waals surface area (Å²) in [6, 6.07) is 16.0. The second-order valence-corrected chi connectivity index (χ2v) is 8.60. The first kappa shape index (κ1) is 18.8. The minimum atomic E-state index is -0.542. The van der Waals surface area contributed by atoms with Crippen LogP contribution in [0.3, 0.4) is 0 Å². The quantitative estimate of drug-likeness (QED) is 0.719. The van der Waals surface area contributed by atoms with Gasteiger partial charge in [-0.05, 0) is 53.5 Å². The lowest BCUT2D eigenvalue weighted by molar-refractivity contribution is -0.124. The van der Waals surface area contributed by atoms with Crippen LogP contribution in [0.25, 0.3) is 11.1 Å². The van der Waals surface area contributed by atoms with Crippen molar-refractivity contribution in [1.29, 1.82) is 5.26 Å². The van der Waals surface area contributed by atoms with Crippen LogP contribution in [0.1, 0.15) is 30.4 Å². The van der Waals surface area contributed by atoms with E-state index in [2.05, 4.69) is 22.0 Å². The van der Waals surface area contributed by atoms with E-state index in [1.165, 1.54) is 0 Å². The third-order valence-electron chi connectivity index (χ3n) is 6.58. The summed E-state index contributed by atoms with van der Waals surface area (Å²) in [7, 11) is 0. The summed E-state index contributed by atoms with van der Waals surface area (Å²) in [5, 5.41) is 18.7. The number of hydrogen-bond donors (Lipinski definition) is 3.